The first-order chi connectivity index (χ1) is 7.02. The first kappa shape index (κ1) is 10.4. The first-order valence-electron chi connectivity index (χ1n) is 5.32. The minimum absolute atomic E-state index is 0.527. The van der Waals surface area contributed by atoms with Crippen molar-refractivity contribution in [2.24, 2.45) is 0 Å². The number of aromatic nitrogens is 2. The van der Waals surface area contributed by atoms with Crippen molar-refractivity contribution in [2.45, 2.75) is 32.8 Å². The molecule has 1 aliphatic rings. The Labute approximate surface area is 90.0 Å². The van der Waals surface area contributed by atoms with Crippen LogP contribution in [0.4, 0.5) is 5.95 Å². The lowest BCUT2D eigenvalue weighted by Crippen LogP contribution is -2.62. The lowest BCUT2D eigenvalue weighted by molar-refractivity contribution is 0.00752. The number of nitrogens with zero attached hydrogens (tertiary/aromatic N) is 3. The van der Waals surface area contributed by atoms with Crippen molar-refractivity contribution in [2.75, 3.05) is 18.0 Å². The fourth-order valence-corrected chi connectivity index (χ4v) is 1.88. The van der Waals surface area contributed by atoms with E-state index in [9.17, 15) is 5.11 Å². The molecule has 1 fully saturated rings. The van der Waals surface area contributed by atoms with E-state index in [1.807, 2.05) is 31.7 Å². The molecule has 1 aliphatic heterocycles. The molecule has 0 unspecified atom stereocenters. The van der Waals surface area contributed by atoms with Gasteiger partial charge in [-0.2, -0.15) is 0 Å². The average molecular weight is 207 g/mol. The summed E-state index contributed by atoms with van der Waals surface area (Å²) in [4.78, 5) is 10.7. The van der Waals surface area contributed by atoms with Crippen LogP contribution in [0.25, 0.3) is 0 Å². The van der Waals surface area contributed by atoms with Gasteiger partial charge in [0, 0.05) is 11.4 Å². The molecule has 0 bridgehead atoms. The van der Waals surface area contributed by atoms with Crippen LogP contribution < -0.4 is 4.90 Å². The zero-order valence-corrected chi connectivity index (χ0v) is 9.49. The Balaban J connectivity index is 2.13. The molecule has 0 aromatic carbocycles. The number of aryl methyl sites for hydroxylation is 2. The van der Waals surface area contributed by atoms with Gasteiger partial charge in [-0.1, -0.05) is 6.92 Å². The lowest BCUT2D eigenvalue weighted by Gasteiger charge is -2.46. The Kier molecular flexibility index (Phi) is 2.38. The molecule has 4 nitrogen and oxygen atoms in total. The van der Waals surface area contributed by atoms with Crippen LogP contribution in [0, 0.1) is 13.8 Å². The molecule has 2 rings (SSSR count). The Morgan fingerprint density at radius 3 is 2.33 bits per heavy atom. The summed E-state index contributed by atoms with van der Waals surface area (Å²) in [5.74, 6) is 0.741. The third kappa shape index (κ3) is 1.95. The summed E-state index contributed by atoms with van der Waals surface area (Å²) in [5, 5.41) is 9.89. The first-order valence-corrected chi connectivity index (χ1v) is 5.32. The number of aliphatic hydroxyl groups is 1. The third-order valence-corrected chi connectivity index (χ3v) is 2.88. The highest BCUT2D eigenvalue weighted by Gasteiger charge is 2.40. The Morgan fingerprint density at radius 2 is 1.87 bits per heavy atom. The highest BCUT2D eigenvalue weighted by Crippen LogP contribution is 2.27. The Bertz CT molecular complexity index is 352. The number of anilines is 1. The predicted octanol–water partition coefficient (Wildman–Crippen LogP) is 1.05. The fourth-order valence-electron chi connectivity index (χ4n) is 1.88. The quantitative estimate of drug-likeness (QED) is 0.787. The molecule has 1 aromatic rings. The molecule has 82 valence electrons. The van der Waals surface area contributed by atoms with E-state index < -0.39 is 5.60 Å². The molecule has 0 aliphatic carbocycles. The molecule has 15 heavy (non-hydrogen) atoms. The molecule has 0 amide bonds. The van der Waals surface area contributed by atoms with E-state index in [0.717, 1.165) is 23.8 Å². The molecule has 4 heteroatoms. The SMILES string of the molecule is CCC1(O)CN(c2nc(C)cc(C)n2)C1. The van der Waals surface area contributed by atoms with E-state index in [2.05, 4.69) is 9.97 Å². The van der Waals surface area contributed by atoms with Gasteiger partial charge in [0.1, 0.15) is 0 Å². The summed E-state index contributed by atoms with van der Waals surface area (Å²) in [6, 6.07) is 1.95. The van der Waals surface area contributed by atoms with Crippen LogP contribution in [0.5, 0.6) is 0 Å². The van der Waals surface area contributed by atoms with Gasteiger partial charge in [0.2, 0.25) is 5.95 Å². The standard InChI is InChI=1S/C11H17N3O/c1-4-11(15)6-14(7-11)10-12-8(2)5-9(3)13-10/h5,15H,4,6-7H2,1-3H3. The molecular weight excluding hydrogens is 190 g/mol. The number of hydrogen-bond acceptors (Lipinski definition) is 4. The second-order valence-corrected chi connectivity index (χ2v) is 4.38. The largest absolute Gasteiger partial charge is 0.386 e. The monoisotopic (exact) mass is 207 g/mol. The van der Waals surface area contributed by atoms with Crippen LogP contribution >= 0.6 is 0 Å². The van der Waals surface area contributed by atoms with Crippen molar-refractivity contribution in [1.82, 2.24) is 9.97 Å². The summed E-state index contributed by atoms with van der Waals surface area (Å²) in [5.41, 5.74) is 1.43. The molecule has 1 N–H and O–H groups in total. The van der Waals surface area contributed by atoms with E-state index in [-0.39, 0.29) is 0 Å². The van der Waals surface area contributed by atoms with Crippen LogP contribution in [-0.2, 0) is 0 Å². The molecule has 0 radical (unpaired) electrons. The fraction of sp³-hybridized carbons (Fsp3) is 0.636. The predicted molar refractivity (Wildman–Crippen MR) is 59.0 cm³/mol. The maximum absolute atomic E-state index is 9.89. The van der Waals surface area contributed by atoms with Gasteiger partial charge in [-0.3, -0.25) is 0 Å². The van der Waals surface area contributed by atoms with Gasteiger partial charge >= 0.3 is 0 Å². The number of hydrogen-bond donors (Lipinski definition) is 1. The molecule has 0 spiro atoms. The van der Waals surface area contributed by atoms with Gasteiger partial charge in [-0.25, -0.2) is 9.97 Å². The summed E-state index contributed by atoms with van der Waals surface area (Å²) in [6.07, 6.45) is 0.786. The van der Waals surface area contributed by atoms with Gasteiger partial charge in [0.15, 0.2) is 0 Å². The second-order valence-electron chi connectivity index (χ2n) is 4.38. The summed E-state index contributed by atoms with van der Waals surface area (Å²) in [7, 11) is 0. The van der Waals surface area contributed by atoms with E-state index in [0.29, 0.717) is 13.1 Å². The van der Waals surface area contributed by atoms with Crippen molar-refractivity contribution < 1.29 is 5.11 Å². The Hall–Kier alpha value is -1.16. The number of rotatable bonds is 2. The van der Waals surface area contributed by atoms with E-state index in [1.54, 1.807) is 0 Å². The van der Waals surface area contributed by atoms with Gasteiger partial charge in [0.25, 0.3) is 0 Å². The van der Waals surface area contributed by atoms with Gasteiger partial charge < -0.3 is 10.0 Å². The number of β-amino-alcohol motifs (C(OH)–C–C–N with tert-alkyl or cyclic N) is 1. The van der Waals surface area contributed by atoms with Gasteiger partial charge in [0.05, 0.1) is 18.7 Å². The summed E-state index contributed by atoms with van der Waals surface area (Å²) >= 11 is 0. The minimum atomic E-state index is -0.527. The maximum Gasteiger partial charge on any atom is 0.225 e. The summed E-state index contributed by atoms with van der Waals surface area (Å²) in [6.45, 7) is 7.21. The van der Waals surface area contributed by atoms with Crippen LogP contribution in [0.3, 0.4) is 0 Å². The minimum Gasteiger partial charge on any atom is -0.386 e. The van der Waals surface area contributed by atoms with Crippen molar-refractivity contribution in [1.29, 1.82) is 0 Å². The van der Waals surface area contributed by atoms with E-state index in [1.165, 1.54) is 0 Å². The third-order valence-electron chi connectivity index (χ3n) is 2.88. The van der Waals surface area contributed by atoms with E-state index >= 15 is 0 Å². The van der Waals surface area contributed by atoms with Crippen molar-refractivity contribution in [3.63, 3.8) is 0 Å². The van der Waals surface area contributed by atoms with Crippen molar-refractivity contribution in [3.05, 3.63) is 17.5 Å². The normalized spacial score (nSPS) is 18.8. The van der Waals surface area contributed by atoms with Gasteiger partial charge in [-0.05, 0) is 26.3 Å². The van der Waals surface area contributed by atoms with Crippen LogP contribution in [0.15, 0.2) is 6.07 Å². The van der Waals surface area contributed by atoms with Crippen LogP contribution in [0.2, 0.25) is 0 Å². The second kappa shape index (κ2) is 3.45. The molecule has 0 saturated carbocycles. The van der Waals surface area contributed by atoms with E-state index in [4.69, 9.17) is 0 Å². The smallest absolute Gasteiger partial charge is 0.225 e. The zero-order chi connectivity index (χ0) is 11.1. The topological polar surface area (TPSA) is 49.2 Å². The highest BCUT2D eigenvalue weighted by molar-refractivity contribution is 5.38. The van der Waals surface area contributed by atoms with Crippen LogP contribution in [0.1, 0.15) is 24.7 Å². The molecule has 1 saturated heterocycles. The molecule has 2 heterocycles. The van der Waals surface area contributed by atoms with Gasteiger partial charge in [-0.15, -0.1) is 0 Å². The highest BCUT2D eigenvalue weighted by atomic mass is 16.3. The zero-order valence-electron chi connectivity index (χ0n) is 9.49. The average Bonchev–Trinajstić information content (AvgIpc) is 2.11. The molecule has 1 aromatic heterocycles. The van der Waals surface area contributed by atoms with Crippen molar-refractivity contribution in [3.8, 4) is 0 Å². The summed E-state index contributed by atoms with van der Waals surface area (Å²) < 4.78 is 0. The van der Waals surface area contributed by atoms with Crippen molar-refractivity contribution >= 4 is 5.95 Å². The van der Waals surface area contributed by atoms with Crippen LogP contribution in [-0.4, -0.2) is 33.8 Å². The maximum atomic E-state index is 9.89. The Morgan fingerprint density at radius 1 is 1.33 bits per heavy atom. The molecular formula is C11H17N3O. The molecule has 0 atom stereocenters. The lowest BCUT2D eigenvalue weighted by atomic mass is 9.92.